The van der Waals surface area contributed by atoms with Gasteiger partial charge >= 0.3 is 0 Å². The van der Waals surface area contributed by atoms with Crippen LogP contribution in [0, 0.1) is 11.3 Å². The number of halogens is 1. The summed E-state index contributed by atoms with van der Waals surface area (Å²) in [4.78, 5) is 16.2. The van der Waals surface area contributed by atoms with Gasteiger partial charge in [0.1, 0.15) is 11.6 Å². The van der Waals surface area contributed by atoms with Crippen LogP contribution in [0.2, 0.25) is 5.02 Å². The third-order valence-corrected chi connectivity index (χ3v) is 6.04. The largest absolute Gasteiger partial charge is 0.334 e. The monoisotopic (exact) mass is 428 g/mol. The van der Waals surface area contributed by atoms with Gasteiger partial charge in [0.05, 0.1) is 22.0 Å². The van der Waals surface area contributed by atoms with Gasteiger partial charge in [-0.25, -0.2) is 13.6 Å². The summed E-state index contributed by atoms with van der Waals surface area (Å²) >= 11 is 11.6. The number of nitrogens with two attached hydrogens (primary N) is 1. The van der Waals surface area contributed by atoms with Crippen molar-refractivity contribution in [2.75, 3.05) is 17.2 Å². The van der Waals surface area contributed by atoms with Gasteiger partial charge in [-0.15, -0.1) is 0 Å². The Labute approximate surface area is 169 Å². The van der Waals surface area contributed by atoms with E-state index in [1.165, 1.54) is 4.90 Å². The van der Waals surface area contributed by atoms with Crippen LogP contribution in [0.1, 0.15) is 38.7 Å². The highest BCUT2D eigenvalue weighted by Crippen LogP contribution is 2.34. The van der Waals surface area contributed by atoms with Crippen molar-refractivity contribution in [3.8, 4) is 6.07 Å². The average molecular weight is 429 g/mol. The van der Waals surface area contributed by atoms with E-state index in [1.807, 2.05) is 11.0 Å². The molecule has 2 rings (SSSR count). The number of hydrogen-bond acceptors (Lipinski definition) is 5. The molecule has 0 atom stereocenters. The van der Waals surface area contributed by atoms with Gasteiger partial charge in [0.25, 0.3) is 5.91 Å². The van der Waals surface area contributed by atoms with Crippen LogP contribution in [-0.4, -0.2) is 42.2 Å². The first-order chi connectivity index (χ1) is 12.5. The lowest BCUT2D eigenvalue weighted by molar-refractivity contribution is -0.123. The van der Waals surface area contributed by atoms with E-state index in [-0.39, 0.29) is 16.7 Å². The van der Waals surface area contributed by atoms with E-state index in [9.17, 15) is 13.2 Å². The molecule has 2 N–H and O–H groups in total. The van der Waals surface area contributed by atoms with Crippen molar-refractivity contribution in [1.82, 2.24) is 4.90 Å². The van der Waals surface area contributed by atoms with Crippen LogP contribution in [0.3, 0.4) is 0 Å². The molecule has 1 fully saturated rings. The molecule has 27 heavy (non-hydrogen) atoms. The summed E-state index contributed by atoms with van der Waals surface area (Å²) in [5.41, 5.74) is -0.0000266. The van der Waals surface area contributed by atoms with Crippen molar-refractivity contribution >= 4 is 50.5 Å². The van der Waals surface area contributed by atoms with Crippen molar-refractivity contribution < 1.29 is 13.2 Å². The fourth-order valence-corrected chi connectivity index (χ4v) is 4.25. The summed E-state index contributed by atoms with van der Waals surface area (Å²) in [6, 6.07) is 6.72. The van der Waals surface area contributed by atoms with E-state index in [0.717, 1.165) is 0 Å². The number of anilines is 1. The Hall–Kier alpha value is -1.73. The third kappa shape index (κ3) is 4.76. The molecule has 1 aliphatic heterocycles. The molecule has 0 unspecified atom stereocenters. The highest BCUT2D eigenvalue weighted by molar-refractivity contribution is 7.89. The van der Waals surface area contributed by atoms with Crippen LogP contribution in [0.15, 0.2) is 18.2 Å². The number of sulfonamides is 1. The maximum Gasteiger partial charge on any atom is 0.258 e. The molecular weight excluding hydrogens is 408 g/mol. The summed E-state index contributed by atoms with van der Waals surface area (Å²) in [6.45, 7) is 4.09. The number of benzene rings is 1. The van der Waals surface area contributed by atoms with Crippen molar-refractivity contribution in [3.63, 3.8) is 0 Å². The number of hydrogen-bond donors (Lipinski definition) is 1. The molecule has 1 heterocycles. The van der Waals surface area contributed by atoms with E-state index >= 15 is 0 Å². The van der Waals surface area contributed by atoms with Crippen molar-refractivity contribution in [2.45, 2.75) is 38.6 Å². The van der Waals surface area contributed by atoms with Gasteiger partial charge in [-0.3, -0.25) is 9.69 Å². The standard InChI is InChI=1S/C17H21ClN4O3S2/c1-17(2)15(23)22(13-7-6-12(11-19)14(18)10-13)16(26)21(17)8-4-3-5-9-27(20,24)25/h6-7,10H,3-5,8-9H2,1-2H3,(H2,20,24,25). The van der Waals surface area contributed by atoms with Crippen LogP contribution < -0.4 is 10.0 Å². The van der Waals surface area contributed by atoms with Gasteiger partial charge in [0.2, 0.25) is 10.0 Å². The smallest absolute Gasteiger partial charge is 0.258 e. The number of nitriles is 1. The molecule has 1 aromatic carbocycles. The minimum absolute atomic E-state index is 0.0599. The molecule has 0 spiro atoms. The summed E-state index contributed by atoms with van der Waals surface area (Å²) < 4.78 is 22.0. The number of unbranched alkanes of at least 4 members (excludes halogenated alkanes) is 2. The summed E-state index contributed by atoms with van der Waals surface area (Å²) in [5.74, 6) is -0.242. The van der Waals surface area contributed by atoms with E-state index in [1.54, 1.807) is 32.0 Å². The zero-order chi connectivity index (χ0) is 20.4. The molecule has 0 aliphatic carbocycles. The summed E-state index contributed by atoms with van der Waals surface area (Å²) in [6.07, 6.45) is 1.79. The number of carbonyl (C=O) groups excluding carboxylic acids is 1. The normalized spacial score (nSPS) is 16.7. The lowest BCUT2D eigenvalue weighted by Crippen LogP contribution is -2.44. The fraction of sp³-hybridized carbons (Fsp3) is 0.471. The molecule has 10 heteroatoms. The topological polar surface area (TPSA) is 108 Å². The number of thiocarbonyl (C=S) groups is 1. The molecular formula is C17H21ClN4O3S2. The van der Waals surface area contributed by atoms with Crippen LogP contribution in [0.4, 0.5) is 5.69 Å². The molecule has 7 nitrogen and oxygen atoms in total. The van der Waals surface area contributed by atoms with E-state index < -0.39 is 15.6 Å². The molecule has 146 valence electrons. The Bertz CT molecular complexity index is 909. The Morgan fingerprint density at radius 3 is 2.52 bits per heavy atom. The molecule has 1 aliphatic rings. The Morgan fingerprint density at radius 2 is 1.96 bits per heavy atom. The summed E-state index contributed by atoms with van der Waals surface area (Å²) in [7, 11) is -3.46. The van der Waals surface area contributed by atoms with Gasteiger partial charge in [0.15, 0.2) is 5.11 Å². The van der Waals surface area contributed by atoms with Crippen molar-refractivity contribution in [2.24, 2.45) is 5.14 Å². The molecule has 0 aromatic heterocycles. The average Bonchev–Trinajstić information content (AvgIpc) is 2.72. The Morgan fingerprint density at radius 1 is 1.30 bits per heavy atom. The van der Waals surface area contributed by atoms with E-state index in [4.69, 9.17) is 34.2 Å². The molecule has 0 saturated carbocycles. The number of rotatable bonds is 7. The van der Waals surface area contributed by atoms with Crippen molar-refractivity contribution in [3.05, 3.63) is 28.8 Å². The van der Waals surface area contributed by atoms with Gasteiger partial charge in [-0.05, 0) is 57.1 Å². The maximum absolute atomic E-state index is 12.9. The molecule has 1 amide bonds. The maximum atomic E-state index is 12.9. The minimum atomic E-state index is -3.46. The fourth-order valence-electron chi connectivity index (χ4n) is 2.92. The highest BCUT2D eigenvalue weighted by atomic mass is 35.5. The number of nitrogens with zero attached hydrogens (tertiary/aromatic N) is 3. The predicted molar refractivity (Wildman–Crippen MR) is 109 cm³/mol. The second-order valence-corrected chi connectivity index (χ2v) is 9.34. The van der Waals surface area contributed by atoms with E-state index in [2.05, 4.69) is 0 Å². The molecule has 0 radical (unpaired) electrons. The number of amides is 1. The zero-order valence-electron chi connectivity index (χ0n) is 15.1. The molecule has 1 aromatic rings. The first-order valence-electron chi connectivity index (χ1n) is 8.35. The third-order valence-electron chi connectivity index (χ3n) is 4.47. The molecule has 0 bridgehead atoms. The SMILES string of the molecule is CC1(C)C(=O)N(c2ccc(C#N)c(Cl)c2)C(=S)N1CCCCCS(N)(=O)=O. The lowest BCUT2D eigenvalue weighted by atomic mass is 10.0. The highest BCUT2D eigenvalue weighted by Gasteiger charge is 2.49. The van der Waals surface area contributed by atoms with Gasteiger partial charge in [-0.1, -0.05) is 18.0 Å². The molecule has 1 saturated heterocycles. The van der Waals surface area contributed by atoms with Gasteiger partial charge in [-0.2, -0.15) is 5.26 Å². The van der Waals surface area contributed by atoms with Crippen LogP contribution in [0.5, 0.6) is 0 Å². The van der Waals surface area contributed by atoms with Crippen LogP contribution >= 0.6 is 23.8 Å². The van der Waals surface area contributed by atoms with Crippen molar-refractivity contribution in [1.29, 1.82) is 5.26 Å². The Kier molecular flexibility index (Phi) is 6.47. The lowest BCUT2D eigenvalue weighted by Gasteiger charge is -2.29. The zero-order valence-corrected chi connectivity index (χ0v) is 17.5. The first kappa shape index (κ1) is 21.6. The summed E-state index contributed by atoms with van der Waals surface area (Å²) in [5, 5.41) is 14.6. The number of carbonyl (C=O) groups is 1. The van der Waals surface area contributed by atoms with E-state index in [0.29, 0.717) is 42.2 Å². The number of primary sulfonamides is 1. The van der Waals surface area contributed by atoms with Gasteiger partial charge < -0.3 is 4.90 Å². The van der Waals surface area contributed by atoms with Crippen LogP contribution in [-0.2, 0) is 14.8 Å². The predicted octanol–water partition coefficient (Wildman–Crippen LogP) is 2.38. The Balaban J connectivity index is 2.13. The quantitative estimate of drug-likeness (QED) is 0.527. The minimum Gasteiger partial charge on any atom is -0.334 e. The van der Waals surface area contributed by atoms with Crippen LogP contribution in [0.25, 0.3) is 0 Å². The second kappa shape index (κ2) is 8.10. The first-order valence-corrected chi connectivity index (χ1v) is 10.9. The van der Waals surface area contributed by atoms with Gasteiger partial charge in [0, 0.05) is 6.54 Å². The second-order valence-electron chi connectivity index (χ2n) is 6.84.